The molecule has 0 aliphatic heterocycles. The largest absolute Gasteiger partial charge is 0.309 e. The van der Waals surface area contributed by atoms with Gasteiger partial charge in [0, 0.05) is 16.5 Å². The van der Waals surface area contributed by atoms with Gasteiger partial charge in [-0.1, -0.05) is 117 Å². The van der Waals surface area contributed by atoms with Crippen LogP contribution in [0.4, 0.5) is 0 Å². The van der Waals surface area contributed by atoms with Crippen LogP contribution >= 0.6 is 0 Å². The SMILES string of the molecule is CC(C)c1ccc(-c2ccc3ccccc3c2-c2ccc3c(c2)c2ccccc2n3-c2ccccc2)cc1. The van der Waals surface area contributed by atoms with Crippen molar-refractivity contribution < 1.29 is 0 Å². The number of aromatic nitrogens is 1. The predicted octanol–water partition coefficient (Wildman–Crippen LogP) is 10.4. The Kier molecular flexibility index (Phi) is 5.37. The molecule has 0 radical (unpaired) electrons. The second kappa shape index (κ2) is 9.04. The summed E-state index contributed by atoms with van der Waals surface area (Å²) in [7, 11) is 0. The molecule has 0 N–H and O–H groups in total. The Morgan fingerprint density at radius 1 is 0.500 bits per heavy atom. The molecular weight excluding hydrogens is 458 g/mol. The number of hydrogen-bond acceptors (Lipinski definition) is 0. The van der Waals surface area contributed by atoms with Crippen molar-refractivity contribution in [1.29, 1.82) is 0 Å². The molecule has 1 nitrogen and oxygen atoms in total. The van der Waals surface area contributed by atoms with E-state index in [1.807, 2.05) is 0 Å². The molecule has 0 saturated heterocycles. The van der Waals surface area contributed by atoms with E-state index in [9.17, 15) is 0 Å². The van der Waals surface area contributed by atoms with Crippen molar-refractivity contribution in [3.63, 3.8) is 0 Å². The Bertz CT molecular complexity index is 1920. The molecule has 0 saturated carbocycles. The van der Waals surface area contributed by atoms with E-state index >= 15 is 0 Å². The minimum Gasteiger partial charge on any atom is -0.309 e. The van der Waals surface area contributed by atoms with Gasteiger partial charge in [-0.25, -0.2) is 0 Å². The molecule has 38 heavy (non-hydrogen) atoms. The number of fused-ring (bicyclic) bond motifs is 4. The topological polar surface area (TPSA) is 4.93 Å². The summed E-state index contributed by atoms with van der Waals surface area (Å²) < 4.78 is 2.38. The molecule has 0 aliphatic rings. The van der Waals surface area contributed by atoms with Crippen LogP contribution in [0.1, 0.15) is 25.3 Å². The molecule has 0 amide bonds. The van der Waals surface area contributed by atoms with Crippen LogP contribution in [0.3, 0.4) is 0 Å². The molecular formula is C37H29N. The third-order valence-corrected chi connectivity index (χ3v) is 7.79. The van der Waals surface area contributed by atoms with Gasteiger partial charge in [0.15, 0.2) is 0 Å². The van der Waals surface area contributed by atoms with Gasteiger partial charge in [0.2, 0.25) is 0 Å². The van der Waals surface area contributed by atoms with Crippen LogP contribution in [0, 0.1) is 0 Å². The lowest BCUT2D eigenvalue weighted by molar-refractivity contribution is 0.867. The maximum Gasteiger partial charge on any atom is 0.0541 e. The molecule has 6 aromatic carbocycles. The van der Waals surface area contributed by atoms with Gasteiger partial charge in [0.1, 0.15) is 0 Å². The second-order valence-corrected chi connectivity index (χ2v) is 10.4. The van der Waals surface area contributed by atoms with Gasteiger partial charge >= 0.3 is 0 Å². The van der Waals surface area contributed by atoms with Crippen LogP contribution in [-0.2, 0) is 0 Å². The number of benzene rings is 6. The van der Waals surface area contributed by atoms with Crippen molar-refractivity contribution in [2.24, 2.45) is 0 Å². The highest BCUT2D eigenvalue weighted by molar-refractivity contribution is 6.12. The molecule has 1 heterocycles. The first-order valence-electron chi connectivity index (χ1n) is 13.4. The Morgan fingerprint density at radius 2 is 1.16 bits per heavy atom. The number of nitrogens with zero attached hydrogens (tertiary/aromatic N) is 1. The van der Waals surface area contributed by atoms with Gasteiger partial charge in [-0.3, -0.25) is 0 Å². The Balaban J connectivity index is 1.51. The molecule has 0 atom stereocenters. The normalized spacial score (nSPS) is 11.7. The van der Waals surface area contributed by atoms with E-state index in [1.54, 1.807) is 0 Å². The molecule has 0 fully saturated rings. The second-order valence-electron chi connectivity index (χ2n) is 10.4. The summed E-state index contributed by atoms with van der Waals surface area (Å²) in [5, 5.41) is 5.09. The lowest BCUT2D eigenvalue weighted by Crippen LogP contribution is -1.93. The summed E-state index contributed by atoms with van der Waals surface area (Å²) in [4.78, 5) is 0. The lowest BCUT2D eigenvalue weighted by Gasteiger charge is -2.16. The van der Waals surface area contributed by atoms with E-state index in [0.29, 0.717) is 5.92 Å². The van der Waals surface area contributed by atoms with Gasteiger partial charge < -0.3 is 4.57 Å². The first-order valence-corrected chi connectivity index (χ1v) is 13.4. The minimum absolute atomic E-state index is 0.518. The molecule has 1 heteroatoms. The van der Waals surface area contributed by atoms with E-state index in [-0.39, 0.29) is 0 Å². The monoisotopic (exact) mass is 487 g/mol. The zero-order valence-electron chi connectivity index (χ0n) is 21.7. The smallest absolute Gasteiger partial charge is 0.0541 e. The molecule has 182 valence electrons. The summed E-state index contributed by atoms with van der Waals surface area (Å²) in [6, 6.07) is 48.8. The summed E-state index contributed by atoms with van der Waals surface area (Å²) in [6.45, 7) is 4.50. The van der Waals surface area contributed by atoms with Gasteiger partial charge in [0.05, 0.1) is 11.0 Å². The van der Waals surface area contributed by atoms with Crippen LogP contribution in [-0.4, -0.2) is 4.57 Å². The van der Waals surface area contributed by atoms with Gasteiger partial charge in [-0.2, -0.15) is 0 Å². The molecule has 7 aromatic rings. The highest BCUT2D eigenvalue weighted by atomic mass is 15.0. The first kappa shape index (κ1) is 22.6. The highest BCUT2D eigenvalue weighted by Gasteiger charge is 2.16. The summed E-state index contributed by atoms with van der Waals surface area (Å²) in [6.07, 6.45) is 0. The van der Waals surface area contributed by atoms with E-state index in [0.717, 1.165) is 0 Å². The van der Waals surface area contributed by atoms with Crippen molar-refractivity contribution in [2.75, 3.05) is 0 Å². The Labute approximate surface area is 223 Å². The van der Waals surface area contributed by atoms with Crippen molar-refractivity contribution in [3.8, 4) is 27.9 Å². The summed E-state index contributed by atoms with van der Waals surface area (Å²) in [5.74, 6) is 0.518. The third-order valence-electron chi connectivity index (χ3n) is 7.79. The van der Waals surface area contributed by atoms with Gasteiger partial charge in [-0.05, 0) is 74.8 Å². The fourth-order valence-electron chi connectivity index (χ4n) is 5.85. The van der Waals surface area contributed by atoms with Crippen LogP contribution < -0.4 is 0 Å². The Hall–Kier alpha value is -4.62. The maximum absolute atomic E-state index is 2.39. The van der Waals surface area contributed by atoms with E-state index in [1.165, 1.54) is 66.1 Å². The molecule has 0 spiro atoms. The van der Waals surface area contributed by atoms with Crippen molar-refractivity contribution in [1.82, 2.24) is 4.57 Å². The lowest BCUT2D eigenvalue weighted by atomic mass is 9.88. The predicted molar refractivity (Wildman–Crippen MR) is 163 cm³/mol. The first-order chi connectivity index (χ1) is 18.7. The molecule has 7 rings (SSSR count). The maximum atomic E-state index is 2.39. The van der Waals surface area contributed by atoms with Gasteiger partial charge in [-0.15, -0.1) is 0 Å². The van der Waals surface area contributed by atoms with Crippen LogP contribution in [0.5, 0.6) is 0 Å². The summed E-state index contributed by atoms with van der Waals surface area (Å²) in [5.41, 5.74) is 10.1. The van der Waals surface area contributed by atoms with E-state index < -0.39 is 0 Å². The van der Waals surface area contributed by atoms with Crippen molar-refractivity contribution in [3.05, 3.63) is 139 Å². The summed E-state index contributed by atoms with van der Waals surface area (Å²) >= 11 is 0. The number of hydrogen-bond donors (Lipinski definition) is 0. The fraction of sp³-hybridized carbons (Fsp3) is 0.0811. The highest BCUT2D eigenvalue weighted by Crippen LogP contribution is 2.41. The number of para-hydroxylation sites is 2. The van der Waals surface area contributed by atoms with Crippen LogP contribution in [0.2, 0.25) is 0 Å². The minimum atomic E-state index is 0.518. The molecule has 0 aliphatic carbocycles. The van der Waals surface area contributed by atoms with E-state index in [2.05, 4.69) is 152 Å². The average molecular weight is 488 g/mol. The fourth-order valence-corrected chi connectivity index (χ4v) is 5.85. The molecule has 0 unspecified atom stereocenters. The van der Waals surface area contributed by atoms with Crippen molar-refractivity contribution in [2.45, 2.75) is 19.8 Å². The third kappa shape index (κ3) is 3.63. The van der Waals surface area contributed by atoms with E-state index in [4.69, 9.17) is 0 Å². The molecule has 0 bridgehead atoms. The zero-order valence-corrected chi connectivity index (χ0v) is 21.7. The van der Waals surface area contributed by atoms with Crippen molar-refractivity contribution >= 4 is 32.6 Å². The van der Waals surface area contributed by atoms with Gasteiger partial charge in [0.25, 0.3) is 0 Å². The molecule has 1 aromatic heterocycles. The quantitative estimate of drug-likeness (QED) is 0.233. The van der Waals surface area contributed by atoms with Crippen LogP contribution in [0.25, 0.3) is 60.5 Å². The zero-order chi connectivity index (χ0) is 25.6. The Morgan fingerprint density at radius 3 is 1.95 bits per heavy atom. The standard InChI is InChI=1S/C37H29N/c1-25(2)26-16-18-28(19-17-26)32-22-20-27-10-6-7-13-31(27)37(32)29-21-23-36-34(24-29)33-14-8-9-15-35(33)38(36)30-11-4-3-5-12-30/h3-25H,1-2H3. The van der Waals surface area contributed by atoms with Crippen LogP contribution in [0.15, 0.2) is 133 Å². The number of rotatable bonds is 4. The average Bonchev–Trinajstić information content (AvgIpc) is 3.31.